The van der Waals surface area contributed by atoms with Crippen LogP contribution in [0.1, 0.15) is 47.2 Å². The Morgan fingerprint density at radius 3 is 2.88 bits per heavy atom. The Balaban J connectivity index is 1.55. The number of fused-ring (bicyclic) bond motifs is 3. The summed E-state index contributed by atoms with van der Waals surface area (Å²) < 4.78 is 6.39. The van der Waals surface area contributed by atoms with Gasteiger partial charge in [0.2, 0.25) is 0 Å². The largest absolute Gasteiger partial charge is 0.490 e. The van der Waals surface area contributed by atoms with E-state index in [9.17, 15) is 15.0 Å². The topological polar surface area (TPSA) is 70.0 Å². The van der Waals surface area contributed by atoms with Crippen LogP contribution in [0.2, 0.25) is 5.02 Å². The number of carbonyl (C=O) groups is 1. The third-order valence-corrected chi connectivity index (χ3v) is 8.13. The molecule has 0 radical (unpaired) electrons. The summed E-state index contributed by atoms with van der Waals surface area (Å²) in [7, 11) is 0. The molecule has 6 heteroatoms. The van der Waals surface area contributed by atoms with E-state index in [1.165, 1.54) is 11.1 Å². The van der Waals surface area contributed by atoms with E-state index in [-0.39, 0.29) is 16.9 Å². The van der Waals surface area contributed by atoms with E-state index < -0.39 is 12.1 Å². The fourth-order valence-electron chi connectivity index (χ4n) is 5.98. The Hall–Kier alpha value is -2.50. The molecule has 3 unspecified atom stereocenters. The molecular weight excluding hydrogens is 438 g/mol. The van der Waals surface area contributed by atoms with E-state index >= 15 is 0 Å². The van der Waals surface area contributed by atoms with Gasteiger partial charge in [-0.2, -0.15) is 0 Å². The van der Waals surface area contributed by atoms with Crippen LogP contribution in [0.5, 0.6) is 5.75 Å². The molecule has 1 heterocycles. The van der Waals surface area contributed by atoms with Crippen LogP contribution in [0.4, 0.5) is 5.69 Å². The summed E-state index contributed by atoms with van der Waals surface area (Å²) >= 11 is 6.31. The van der Waals surface area contributed by atoms with Gasteiger partial charge in [0.15, 0.2) is 0 Å². The number of aliphatic hydroxyl groups is 1. The summed E-state index contributed by atoms with van der Waals surface area (Å²) in [6.07, 6.45) is 6.20. The number of rotatable bonds is 5. The van der Waals surface area contributed by atoms with Crippen LogP contribution in [-0.2, 0) is 11.8 Å². The predicted molar refractivity (Wildman–Crippen MR) is 130 cm³/mol. The summed E-state index contributed by atoms with van der Waals surface area (Å²) in [6, 6.07) is 11.3. The molecule has 33 heavy (non-hydrogen) atoms. The summed E-state index contributed by atoms with van der Waals surface area (Å²) in [5.74, 6) is 0.282. The first-order valence-corrected chi connectivity index (χ1v) is 12.1. The van der Waals surface area contributed by atoms with Crippen molar-refractivity contribution in [2.75, 3.05) is 24.6 Å². The minimum absolute atomic E-state index is 0.186. The van der Waals surface area contributed by atoms with Gasteiger partial charge in [0, 0.05) is 23.5 Å². The van der Waals surface area contributed by atoms with Crippen LogP contribution in [0, 0.1) is 11.8 Å². The second-order valence-electron chi connectivity index (χ2n) is 9.82. The average molecular weight is 468 g/mol. The first kappa shape index (κ1) is 22.3. The zero-order chi connectivity index (χ0) is 23.2. The van der Waals surface area contributed by atoms with Gasteiger partial charge in [-0.3, -0.25) is 0 Å². The van der Waals surface area contributed by atoms with Crippen molar-refractivity contribution < 1.29 is 19.7 Å². The molecule has 0 amide bonds. The van der Waals surface area contributed by atoms with Crippen LogP contribution in [0.3, 0.4) is 0 Å². The van der Waals surface area contributed by atoms with Crippen molar-refractivity contribution in [1.82, 2.24) is 0 Å². The lowest BCUT2D eigenvalue weighted by molar-refractivity contribution is 0.0460. The Bertz CT molecular complexity index is 1090. The molecule has 1 fully saturated rings. The number of aromatic carboxylic acids is 1. The molecular formula is C27H30ClNO4. The Morgan fingerprint density at radius 2 is 2.15 bits per heavy atom. The predicted octanol–water partition coefficient (Wildman–Crippen LogP) is 5.08. The van der Waals surface area contributed by atoms with Crippen molar-refractivity contribution in [3.05, 3.63) is 70.8 Å². The Kier molecular flexibility index (Phi) is 5.87. The van der Waals surface area contributed by atoms with Gasteiger partial charge < -0.3 is 19.8 Å². The normalized spacial score (nSPS) is 26.9. The van der Waals surface area contributed by atoms with Crippen LogP contribution < -0.4 is 9.64 Å². The molecule has 0 saturated heterocycles. The highest BCUT2D eigenvalue weighted by Crippen LogP contribution is 2.46. The van der Waals surface area contributed by atoms with Crippen LogP contribution >= 0.6 is 11.6 Å². The fourth-order valence-corrected chi connectivity index (χ4v) is 6.17. The minimum Gasteiger partial charge on any atom is -0.490 e. The molecule has 1 aliphatic heterocycles. The molecule has 2 aliphatic carbocycles. The maximum Gasteiger partial charge on any atom is 0.335 e. The quantitative estimate of drug-likeness (QED) is 0.600. The second-order valence-corrected chi connectivity index (χ2v) is 10.3. The number of nitrogens with zero attached hydrogens (tertiary/aromatic N) is 1. The van der Waals surface area contributed by atoms with Crippen LogP contribution in [0.15, 0.2) is 49.1 Å². The van der Waals surface area contributed by atoms with Crippen molar-refractivity contribution in [2.24, 2.45) is 11.8 Å². The van der Waals surface area contributed by atoms with Crippen LogP contribution in [0.25, 0.3) is 0 Å². The van der Waals surface area contributed by atoms with E-state index in [2.05, 4.69) is 23.6 Å². The monoisotopic (exact) mass is 467 g/mol. The fraction of sp³-hybridized carbons (Fsp3) is 0.444. The van der Waals surface area contributed by atoms with E-state index in [0.717, 1.165) is 61.7 Å². The Morgan fingerprint density at radius 1 is 1.30 bits per heavy atom. The highest BCUT2D eigenvalue weighted by Gasteiger charge is 2.44. The highest BCUT2D eigenvalue weighted by atomic mass is 35.5. The number of halogens is 1. The van der Waals surface area contributed by atoms with E-state index in [1.54, 1.807) is 24.3 Å². The lowest BCUT2D eigenvalue weighted by Crippen LogP contribution is -2.49. The van der Waals surface area contributed by atoms with Gasteiger partial charge >= 0.3 is 5.97 Å². The third kappa shape index (κ3) is 4.02. The highest BCUT2D eigenvalue weighted by molar-refractivity contribution is 6.30. The van der Waals surface area contributed by atoms with Gasteiger partial charge in [-0.15, -0.1) is 6.58 Å². The van der Waals surface area contributed by atoms with Gasteiger partial charge in [0.25, 0.3) is 0 Å². The molecule has 1 spiro atoms. The molecule has 0 bridgehead atoms. The summed E-state index contributed by atoms with van der Waals surface area (Å²) in [5, 5.41) is 20.8. The lowest BCUT2D eigenvalue weighted by Gasteiger charge is -2.45. The SMILES string of the molecule is C=CC(O)C1CCC1CN1C[C@@]2(CCCc3cc(Cl)ccc32)COc2ccc(C(=O)O)cc21. The first-order chi connectivity index (χ1) is 15.9. The number of benzene rings is 2. The lowest BCUT2D eigenvalue weighted by atomic mass is 9.68. The number of carboxylic acids is 1. The number of carboxylic acid groups (broad SMARTS) is 1. The van der Waals surface area contributed by atoms with E-state index in [0.29, 0.717) is 12.5 Å². The summed E-state index contributed by atoms with van der Waals surface area (Å²) in [4.78, 5) is 14.0. The number of aliphatic hydroxyl groups excluding tert-OH is 1. The van der Waals surface area contributed by atoms with Crippen molar-refractivity contribution in [3.63, 3.8) is 0 Å². The van der Waals surface area contributed by atoms with Gasteiger partial charge in [0.05, 0.1) is 24.0 Å². The average Bonchev–Trinajstić information content (AvgIpc) is 2.93. The molecule has 4 atom stereocenters. The molecule has 2 N–H and O–H groups in total. The second kappa shape index (κ2) is 8.69. The van der Waals surface area contributed by atoms with Gasteiger partial charge in [0.1, 0.15) is 5.75 Å². The molecule has 0 aromatic heterocycles. The molecule has 5 nitrogen and oxygen atoms in total. The maximum absolute atomic E-state index is 11.7. The number of hydrogen-bond acceptors (Lipinski definition) is 4. The van der Waals surface area contributed by atoms with Gasteiger partial charge in [-0.05, 0) is 85.4 Å². The van der Waals surface area contributed by atoms with Gasteiger partial charge in [-0.25, -0.2) is 4.79 Å². The Labute approximate surface area is 199 Å². The zero-order valence-electron chi connectivity index (χ0n) is 18.7. The van der Waals surface area contributed by atoms with E-state index in [1.807, 2.05) is 6.07 Å². The van der Waals surface area contributed by atoms with Crippen molar-refractivity contribution in [2.45, 2.75) is 43.6 Å². The third-order valence-electron chi connectivity index (χ3n) is 7.90. The molecule has 174 valence electrons. The van der Waals surface area contributed by atoms with E-state index in [4.69, 9.17) is 16.3 Å². The number of hydrogen-bond donors (Lipinski definition) is 2. The molecule has 2 aromatic carbocycles. The first-order valence-electron chi connectivity index (χ1n) is 11.7. The minimum atomic E-state index is -0.946. The standard InChI is InChI=1S/C27H30ClNO4/c1-2-24(30)21-8-5-19(21)14-29-15-27(11-3-4-17-12-20(28)7-9-22(17)27)16-33-25-10-6-18(26(31)32)13-23(25)29/h2,6-7,9-10,12-13,19,21,24,30H,1,3-5,8,11,14-16H2,(H,31,32)/t19?,21?,24?,27-/m0/s1. The van der Waals surface area contributed by atoms with Crippen molar-refractivity contribution in [3.8, 4) is 5.75 Å². The van der Waals surface area contributed by atoms with Crippen molar-refractivity contribution in [1.29, 1.82) is 0 Å². The number of ether oxygens (including phenoxy) is 1. The van der Waals surface area contributed by atoms with Crippen molar-refractivity contribution >= 4 is 23.3 Å². The number of anilines is 1. The molecule has 3 aliphatic rings. The summed E-state index contributed by atoms with van der Waals surface area (Å²) in [6.45, 7) is 5.80. The van der Waals surface area contributed by atoms with Gasteiger partial charge in [-0.1, -0.05) is 23.7 Å². The number of aryl methyl sites for hydroxylation is 1. The molecule has 1 saturated carbocycles. The molecule has 5 rings (SSSR count). The maximum atomic E-state index is 11.7. The smallest absolute Gasteiger partial charge is 0.335 e. The van der Waals surface area contributed by atoms with Crippen LogP contribution in [-0.4, -0.2) is 42.0 Å². The summed E-state index contributed by atoms with van der Waals surface area (Å²) in [5.41, 5.74) is 3.44. The zero-order valence-corrected chi connectivity index (χ0v) is 19.4. The molecule has 2 aromatic rings.